The van der Waals surface area contributed by atoms with E-state index in [0.29, 0.717) is 5.96 Å². The molecule has 2 aromatic heterocycles. The van der Waals surface area contributed by atoms with Gasteiger partial charge < -0.3 is 4.98 Å². The van der Waals surface area contributed by atoms with Gasteiger partial charge in [0.2, 0.25) is 5.69 Å². The number of rotatable bonds is 5. The number of pyridine rings is 1. The van der Waals surface area contributed by atoms with E-state index in [1.165, 1.54) is 27.5 Å². The zero-order chi connectivity index (χ0) is 14.7. The van der Waals surface area contributed by atoms with E-state index in [0.717, 1.165) is 25.8 Å². The number of benzene rings is 1. The molecule has 0 spiro atoms. The number of guanidine groups is 1. The largest absolute Gasteiger partial charge is 0.349 e. The van der Waals surface area contributed by atoms with Gasteiger partial charge in [0.15, 0.2) is 6.20 Å². The Hall–Kier alpha value is -2.56. The second-order valence-electron chi connectivity index (χ2n) is 5.25. The number of aromatic nitrogens is 2. The maximum atomic E-state index is 5.38. The molecule has 108 valence electrons. The van der Waals surface area contributed by atoms with E-state index >= 15 is 0 Å². The van der Waals surface area contributed by atoms with Crippen LogP contribution in [0.3, 0.4) is 0 Å². The Labute approximate surface area is 123 Å². The minimum atomic E-state index is 0.291. The highest BCUT2D eigenvalue weighted by Gasteiger charge is 2.12. The maximum Gasteiger partial charge on any atom is 0.338 e. The Balaban J connectivity index is 1.81. The van der Waals surface area contributed by atoms with Gasteiger partial charge in [-0.15, -0.1) is 0 Å². The summed E-state index contributed by atoms with van der Waals surface area (Å²) in [6.45, 7) is 0.811. The van der Waals surface area contributed by atoms with Gasteiger partial charge >= 0.3 is 5.96 Å². The topological polar surface area (TPSA) is 95.9 Å². The first kappa shape index (κ1) is 13.4. The molecule has 0 saturated heterocycles. The summed E-state index contributed by atoms with van der Waals surface area (Å²) in [4.78, 5) is 9.83. The van der Waals surface area contributed by atoms with Crippen LogP contribution in [0.15, 0.2) is 36.5 Å². The average molecular weight is 283 g/mol. The van der Waals surface area contributed by atoms with Crippen LogP contribution in [0.25, 0.3) is 21.8 Å². The third kappa shape index (κ3) is 2.81. The number of nitrogens with two attached hydrogens (primary N) is 2. The third-order valence-corrected chi connectivity index (χ3v) is 3.74. The fourth-order valence-electron chi connectivity index (χ4n) is 2.73. The fraction of sp³-hybridized carbons (Fsp3) is 0.250. The molecule has 7 N–H and O–H groups in total. The molecule has 0 amide bonds. The van der Waals surface area contributed by atoms with Crippen LogP contribution in [0.1, 0.15) is 18.5 Å². The molecule has 0 aliphatic rings. The molecule has 0 radical (unpaired) electrons. The Kier molecular flexibility index (Phi) is 3.73. The van der Waals surface area contributed by atoms with Gasteiger partial charge in [-0.05, 0) is 18.9 Å². The van der Waals surface area contributed by atoms with Crippen LogP contribution in [0.5, 0.6) is 0 Å². The van der Waals surface area contributed by atoms with E-state index < -0.39 is 0 Å². The van der Waals surface area contributed by atoms with Gasteiger partial charge in [-0.1, -0.05) is 18.2 Å². The lowest BCUT2D eigenvalue weighted by Gasteiger charge is -1.97. The number of hydrogen-bond donors (Lipinski definition) is 4. The van der Waals surface area contributed by atoms with Gasteiger partial charge in [-0.3, -0.25) is 16.5 Å². The molecule has 3 aromatic rings. The van der Waals surface area contributed by atoms with Gasteiger partial charge in [0.1, 0.15) is 5.52 Å². The molecule has 0 bridgehead atoms. The second-order valence-corrected chi connectivity index (χ2v) is 5.25. The van der Waals surface area contributed by atoms with E-state index in [9.17, 15) is 0 Å². The van der Waals surface area contributed by atoms with Crippen LogP contribution in [-0.2, 0) is 6.42 Å². The zero-order valence-electron chi connectivity index (χ0n) is 11.9. The average Bonchev–Trinajstić information content (AvgIpc) is 2.86. The van der Waals surface area contributed by atoms with E-state index in [1.807, 2.05) is 6.20 Å². The Morgan fingerprint density at radius 3 is 2.81 bits per heavy atom. The van der Waals surface area contributed by atoms with Crippen molar-refractivity contribution in [2.45, 2.75) is 19.3 Å². The van der Waals surface area contributed by atoms with E-state index in [1.54, 1.807) is 0 Å². The number of nitrogens with one attached hydrogen (secondary N) is 3. The number of para-hydroxylation sites is 1. The molecule has 5 heteroatoms. The molecule has 0 aliphatic carbocycles. The summed E-state index contributed by atoms with van der Waals surface area (Å²) in [7, 11) is 0. The SMILES string of the molecule is NC(N)=[NH+]CCCCc1[nH+]ccc2c1[nH]c1ccccc12. The zero-order valence-corrected chi connectivity index (χ0v) is 11.9. The number of aromatic amines is 2. The fourth-order valence-corrected chi connectivity index (χ4v) is 2.73. The van der Waals surface area contributed by atoms with Crippen molar-refractivity contribution >= 4 is 27.8 Å². The van der Waals surface area contributed by atoms with E-state index in [2.05, 4.69) is 45.3 Å². The molecular weight excluding hydrogens is 262 g/mol. The van der Waals surface area contributed by atoms with Gasteiger partial charge in [0.05, 0.1) is 6.54 Å². The summed E-state index contributed by atoms with van der Waals surface area (Å²) in [5, 5.41) is 2.55. The van der Waals surface area contributed by atoms with Gasteiger partial charge in [-0.25, -0.2) is 4.98 Å². The first-order valence-corrected chi connectivity index (χ1v) is 7.27. The molecule has 0 saturated carbocycles. The Morgan fingerprint density at radius 1 is 1.10 bits per heavy atom. The predicted octanol–water partition coefficient (Wildman–Crippen LogP) is -0.188. The van der Waals surface area contributed by atoms with Crippen molar-refractivity contribution in [3.8, 4) is 0 Å². The molecule has 0 aliphatic heterocycles. The number of unbranched alkanes of at least 4 members (excludes halogenated alkanes) is 1. The summed E-state index contributed by atoms with van der Waals surface area (Å²) >= 11 is 0. The van der Waals surface area contributed by atoms with Crippen LogP contribution in [-0.4, -0.2) is 17.5 Å². The quantitative estimate of drug-likeness (QED) is 0.297. The normalized spacial score (nSPS) is 11.0. The van der Waals surface area contributed by atoms with E-state index in [-0.39, 0.29) is 0 Å². The van der Waals surface area contributed by atoms with Crippen molar-refractivity contribution in [3.05, 3.63) is 42.2 Å². The highest BCUT2D eigenvalue weighted by atomic mass is 15.0. The smallest absolute Gasteiger partial charge is 0.338 e. The van der Waals surface area contributed by atoms with Crippen molar-refractivity contribution in [2.75, 3.05) is 6.54 Å². The molecule has 21 heavy (non-hydrogen) atoms. The molecule has 3 rings (SSSR count). The van der Waals surface area contributed by atoms with Crippen molar-refractivity contribution in [1.29, 1.82) is 0 Å². The van der Waals surface area contributed by atoms with Crippen LogP contribution < -0.4 is 21.4 Å². The molecule has 5 nitrogen and oxygen atoms in total. The van der Waals surface area contributed by atoms with Crippen LogP contribution in [0.4, 0.5) is 0 Å². The number of H-pyrrole nitrogens is 2. The summed E-state index contributed by atoms with van der Waals surface area (Å²) in [5.41, 5.74) is 14.4. The molecule has 2 heterocycles. The van der Waals surface area contributed by atoms with Crippen molar-refractivity contribution in [1.82, 2.24) is 4.98 Å². The van der Waals surface area contributed by atoms with Crippen LogP contribution in [0.2, 0.25) is 0 Å². The Morgan fingerprint density at radius 2 is 1.95 bits per heavy atom. The summed E-state index contributed by atoms with van der Waals surface area (Å²) in [5.74, 6) is 0.291. The van der Waals surface area contributed by atoms with Gasteiger partial charge in [-0.2, -0.15) is 0 Å². The lowest BCUT2D eigenvalue weighted by molar-refractivity contribution is -0.459. The van der Waals surface area contributed by atoms with Crippen LogP contribution >= 0.6 is 0 Å². The first-order chi connectivity index (χ1) is 10.3. The minimum Gasteiger partial charge on any atom is -0.349 e. The van der Waals surface area contributed by atoms with Crippen molar-refractivity contribution in [3.63, 3.8) is 0 Å². The standard InChI is InChI=1S/C16H19N5/c17-16(18)20-9-4-3-7-14-15-12(8-10-19-14)11-5-1-2-6-13(11)21-15/h1-2,5-6,8,10,21H,3-4,7,9H2,(H4,17,18,20)/p+2. The monoisotopic (exact) mass is 283 g/mol. The summed E-state index contributed by atoms with van der Waals surface area (Å²) in [6.07, 6.45) is 5.12. The molecule has 0 unspecified atom stereocenters. The third-order valence-electron chi connectivity index (χ3n) is 3.74. The van der Waals surface area contributed by atoms with Crippen molar-refractivity contribution in [2.24, 2.45) is 11.5 Å². The van der Waals surface area contributed by atoms with Gasteiger partial charge in [0, 0.05) is 28.8 Å². The second kappa shape index (κ2) is 5.83. The number of fused-ring (bicyclic) bond motifs is 3. The first-order valence-electron chi connectivity index (χ1n) is 7.27. The predicted molar refractivity (Wildman–Crippen MR) is 84.5 cm³/mol. The van der Waals surface area contributed by atoms with Gasteiger partial charge in [0.25, 0.3) is 0 Å². The van der Waals surface area contributed by atoms with Crippen LogP contribution in [0, 0.1) is 0 Å². The molecular formula is C16H21N5+2. The summed E-state index contributed by atoms with van der Waals surface area (Å²) < 4.78 is 0. The highest BCUT2D eigenvalue weighted by molar-refractivity contribution is 6.07. The molecule has 0 atom stereocenters. The molecule has 0 fully saturated rings. The minimum absolute atomic E-state index is 0.291. The number of aryl methyl sites for hydroxylation is 1. The van der Waals surface area contributed by atoms with Crippen molar-refractivity contribution < 1.29 is 9.98 Å². The lowest BCUT2D eigenvalue weighted by atomic mass is 10.1. The van der Waals surface area contributed by atoms with E-state index in [4.69, 9.17) is 11.5 Å². The maximum absolute atomic E-state index is 5.38. The molecule has 1 aromatic carbocycles. The lowest BCUT2D eigenvalue weighted by Crippen LogP contribution is -2.78. The highest BCUT2D eigenvalue weighted by Crippen LogP contribution is 2.25. The number of hydrogen-bond acceptors (Lipinski definition) is 0. The Bertz CT molecular complexity index is 784. The summed E-state index contributed by atoms with van der Waals surface area (Å²) in [6, 6.07) is 10.5.